The summed E-state index contributed by atoms with van der Waals surface area (Å²) in [5.41, 5.74) is 3.49. The number of pyridine rings is 1. The lowest BCUT2D eigenvalue weighted by molar-refractivity contribution is 0.0581. The van der Waals surface area contributed by atoms with E-state index >= 15 is 0 Å². The Kier molecular flexibility index (Phi) is 3.83. The van der Waals surface area contributed by atoms with Crippen molar-refractivity contribution in [3.05, 3.63) is 28.8 Å². The van der Waals surface area contributed by atoms with Crippen LogP contribution in [0.25, 0.3) is 0 Å². The van der Waals surface area contributed by atoms with E-state index in [1.165, 1.54) is 0 Å². The molecule has 88 valence electrons. The number of nitrogens with two attached hydrogens (primary N) is 1. The van der Waals surface area contributed by atoms with Crippen molar-refractivity contribution in [3.8, 4) is 0 Å². The van der Waals surface area contributed by atoms with Crippen molar-refractivity contribution in [1.82, 2.24) is 4.98 Å². The highest BCUT2D eigenvalue weighted by Crippen LogP contribution is 2.28. The van der Waals surface area contributed by atoms with Crippen LogP contribution in [-0.2, 0) is 11.3 Å². The summed E-state index contributed by atoms with van der Waals surface area (Å²) in [6.45, 7) is -0.267. The number of hydrogen-bond acceptors (Lipinski definition) is 4. The molecule has 1 rings (SSSR count). The van der Waals surface area contributed by atoms with Gasteiger partial charge in [0.2, 0.25) is 5.95 Å². The maximum atomic E-state index is 13.2. The van der Waals surface area contributed by atoms with Crippen LogP contribution in [0, 0.1) is 5.95 Å². The summed E-state index contributed by atoms with van der Waals surface area (Å²) < 4.78 is 42.8. The molecular weight excluding hydrogens is 225 g/mol. The molecule has 0 unspecified atom stereocenters. The van der Waals surface area contributed by atoms with Crippen LogP contribution in [0.3, 0.4) is 0 Å². The van der Waals surface area contributed by atoms with Crippen molar-refractivity contribution in [2.75, 3.05) is 7.11 Å². The van der Waals surface area contributed by atoms with Crippen LogP contribution < -0.4 is 5.73 Å². The number of ether oxygens (including phenoxy) is 1. The summed E-state index contributed by atoms with van der Waals surface area (Å²) in [6.07, 6.45) is -2.14. The maximum Gasteiger partial charge on any atom is 0.343 e. The minimum atomic E-state index is -3.02. The van der Waals surface area contributed by atoms with Gasteiger partial charge in [-0.25, -0.2) is 18.6 Å². The number of hydrogen-bond donors (Lipinski definition) is 1. The normalized spacial score (nSPS) is 10.6. The smallest absolute Gasteiger partial charge is 0.343 e. The molecule has 0 fully saturated rings. The minimum Gasteiger partial charge on any atom is -0.465 e. The zero-order valence-corrected chi connectivity index (χ0v) is 8.34. The van der Waals surface area contributed by atoms with E-state index in [4.69, 9.17) is 5.73 Å². The van der Waals surface area contributed by atoms with Gasteiger partial charge in [-0.15, -0.1) is 0 Å². The largest absolute Gasteiger partial charge is 0.465 e. The van der Waals surface area contributed by atoms with Crippen molar-refractivity contribution >= 4 is 5.97 Å². The average Bonchev–Trinajstić information content (AvgIpc) is 2.27. The van der Waals surface area contributed by atoms with Crippen LogP contribution in [0.15, 0.2) is 6.20 Å². The molecule has 0 saturated heterocycles. The molecule has 2 N–H and O–H groups in total. The molecule has 0 atom stereocenters. The van der Waals surface area contributed by atoms with E-state index in [1.54, 1.807) is 0 Å². The number of methoxy groups -OCH3 is 1. The molecule has 0 spiro atoms. The van der Waals surface area contributed by atoms with Gasteiger partial charge in [-0.1, -0.05) is 0 Å². The zero-order valence-electron chi connectivity index (χ0n) is 8.34. The minimum absolute atomic E-state index is 0.0863. The topological polar surface area (TPSA) is 65.2 Å². The molecule has 0 radical (unpaired) electrons. The zero-order chi connectivity index (χ0) is 12.3. The SMILES string of the molecule is COC(=O)c1c(F)ncc(CN)c1C(F)F. The second kappa shape index (κ2) is 4.93. The van der Waals surface area contributed by atoms with E-state index in [2.05, 4.69) is 9.72 Å². The molecule has 0 bridgehead atoms. The van der Waals surface area contributed by atoms with E-state index in [9.17, 15) is 18.0 Å². The first-order chi connectivity index (χ1) is 7.52. The van der Waals surface area contributed by atoms with Gasteiger partial charge in [0.25, 0.3) is 6.43 Å². The fraction of sp³-hybridized carbons (Fsp3) is 0.333. The summed E-state index contributed by atoms with van der Waals surface area (Å²) in [5, 5.41) is 0. The van der Waals surface area contributed by atoms with E-state index in [0.29, 0.717) is 0 Å². The number of carbonyl (C=O) groups excluding carboxylic acids is 1. The van der Waals surface area contributed by atoms with Crippen molar-refractivity contribution in [2.24, 2.45) is 5.73 Å². The first-order valence-electron chi connectivity index (χ1n) is 4.26. The first-order valence-corrected chi connectivity index (χ1v) is 4.26. The van der Waals surface area contributed by atoms with Crippen molar-refractivity contribution in [3.63, 3.8) is 0 Å². The third-order valence-corrected chi connectivity index (χ3v) is 1.98. The lowest BCUT2D eigenvalue weighted by atomic mass is 10.0. The molecule has 16 heavy (non-hydrogen) atoms. The predicted octanol–water partition coefficient (Wildman–Crippen LogP) is 1.40. The predicted molar refractivity (Wildman–Crippen MR) is 48.4 cm³/mol. The molecule has 7 heteroatoms. The quantitative estimate of drug-likeness (QED) is 0.634. The highest BCUT2D eigenvalue weighted by molar-refractivity contribution is 5.91. The fourth-order valence-corrected chi connectivity index (χ4v) is 1.25. The van der Waals surface area contributed by atoms with Gasteiger partial charge in [0.1, 0.15) is 5.56 Å². The molecule has 0 amide bonds. The third-order valence-electron chi connectivity index (χ3n) is 1.98. The standard InChI is InChI=1S/C9H9F3N2O2/c1-16-9(15)6-5(7(10)11)4(2-13)3-14-8(6)12/h3,7H,2,13H2,1H3. The molecule has 1 aromatic heterocycles. The van der Waals surface area contributed by atoms with Gasteiger partial charge in [0, 0.05) is 18.3 Å². The van der Waals surface area contributed by atoms with Gasteiger partial charge in [-0.3, -0.25) is 0 Å². The molecule has 0 aliphatic rings. The Hall–Kier alpha value is -1.63. The molecule has 1 heterocycles. The summed E-state index contributed by atoms with van der Waals surface area (Å²) in [5.74, 6) is -2.49. The maximum absolute atomic E-state index is 13.2. The van der Waals surface area contributed by atoms with Crippen LogP contribution >= 0.6 is 0 Å². The van der Waals surface area contributed by atoms with E-state index in [0.717, 1.165) is 13.3 Å². The molecule has 1 aromatic rings. The van der Waals surface area contributed by atoms with Gasteiger partial charge in [0.05, 0.1) is 7.11 Å². The number of halogens is 3. The Morgan fingerprint density at radius 2 is 2.25 bits per heavy atom. The van der Waals surface area contributed by atoms with Gasteiger partial charge >= 0.3 is 5.97 Å². The molecule has 0 aliphatic heterocycles. The number of alkyl halides is 2. The summed E-state index contributed by atoms with van der Waals surface area (Å²) in [7, 11) is 0.964. The van der Waals surface area contributed by atoms with Crippen LogP contribution in [-0.4, -0.2) is 18.1 Å². The molecular formula is C9H9F3N2O2. The number of carbonyl (C=O) groups is 1. The van der Waals surface area contributed by atoms with Crippen molar-refractivity contribution in [2.45, 2.75) is 13.0 Å². The molecule has 0 aliphatic carbocycles. The lowest BCUT2D eigenvalue weighted by Crippen LogP contribution is -2.15. The van der Waals surface area contributed by atoms with E-state index in [1.807, 2.05) is 0 Å². The number of nitrogens with zero attached hydrogens (tertiary/aromatic N) is 1. The van der Waals surface area contributed by atoms with Crippen LogP contribution in [0.5, 0.6) is 0 Å². The Morgan fingerprint density at radius 1 is 1.62 bits per heavy atom. The Morgan fingerprint density at radius 3 is 2.69 bits per heavy atom. The third kappa shape index (κ3) is 2.13. The highest BCUT2D eigenvalue weighted by atomic mass is 19.3. The average molecular weight is 234 g/mol. The fourth-order valence-electron chi connectivity index (χ4n) is 1.25. The number of esters is 1. The molecule has 0 saturated carbocycles. The summed E-state index contributed by atoms with van der Waals surface area (Å²) in [4.78, 5) is 14.3. The first kappa shape index (κ1) is 12.4. The van der Waals surface area contributed by atoms with Crippen LogP contribution in [0.1, 0.15) is 27.9 Å². The van der Waals surface area contributed by atoms with Gasteiger partial charge in [-0.05, 0) is 5.56 Å². The monoisotopic (exact) mass is 234 g/mol. The molecule has 0 aromatic carbocycles. The number of aromatic nitrogens is 1. The summed E-state index contributed by atoms with van der Waals surface area (Å²) >= 11 is 0. The Labute approximate surface area is 89.2 Å². The van der Waals surface area contributed by atoms with Crippen LogP contribution in [0.4, 0.5) is 13.2 Å². The molecule has 4 nitrogen and oxygen atoms in total. The van der Waals surface area contributed by atoms with Gasteiger partial charge in [0.15, 0.2) is 0 Å². The van der Waals surface area contributed by atoms with E-state index < -0.39 is 29.5 Å². The van der Waals surface area contributed by atoms with E-state index in [-0.39, 0.29) is 12.1 Å². The van der Waals surface area contributed by atoms with Crippen molar-refractivity contribution < 1.29 is 22.7 Å². The number of rotatable bonds is 3. The van der Waals surface area contributed by atoms with Crippen molar-refractivity contribution in [1.29, 1.82) is 0 Å². The Bertz CT molecular complexity index is 410. The summed E-state index contributed by atoms with van der Waals surface area (Å²) in [6, 6.07) is 0. The second-order valence-corrected chi connectivity index (χ2v) is 2.86. The van der Waals surface area contributed by atoms with Gasteiger partial charge in [-0.2, -0.15) is 4.39 Å². The second-order valence-electron chi connectivity index (χ2n) is 2.86. The lowest BCUT2D eigenvalue weighted by Gasteiger charge is -2.11. The Balaban J connectivity index is 3.48. The van der Waals surface area contributed by atoms with Gasteiger partial charge < -0.3 is 10.5 Å². The highest BCUT2D eigenvalue weighted by Gasteiger charge is 2.27. The van der Waals surface area contributed by atoms with Crippen LogP contribution in [0.2, 0.25) is 0 Å².